The van der Waals surface area contributed by atoms with Crippen LogP contribution in [-0.2, 0) is 9.47 Å². The van der Waals surface area contributed by atoms with Crippen LogP contribution in [0.25, 0.3) is 0 Å². The van der Waals surface area contributed by atoms with Crippen LogP contribution in [0.5, 0.6) is 0 Å². The monoisotopic (exact) mass is 356 g/mol. The average Bonchev–Trinajstić information content (AvgIpc) is 2.63. The highest BCUT2D eigenvalue weighted by Crippen LogP contribution is 2.50. The minimum Gasteiger partial charge on any atom is -0.350 e. The zero-order valence-corrected chi connectivity index (χ0v) is 18.3. The van der Waals surface area contributed by atoms with Crippen molar-refractivity contribution in [2.75, 3.05) is 13.2 Å². The minimum absolute atomic E-state index is 0.267. The van der Waals surface area contributed by atoms with Crippen LogP contribution in [0.15, 0.2) is 0 Å². The summed E-state index contributed by atoms with van der Waals surface area (Å²) in [6, 6.07) is 4.43. The van der Waals surface area contributed by atoms with Gasteiger partial charge in [-0.05, 0) is 19.3 Å². The van der Waals surface area contributed by atoms with Crippen LogP contribution >= 0.6 is 0 Å². The van der Waals surface area contributed by atoms with Crippen molar-refractivity contribution in [3.63, 3.8) is 0 Å². The van der Waals surface area contributed by atoms with Crippen molar-refractivity contribution < 1.29 is 9.47 Å². The Morgan fingerprint density at radius 3 is 1.79 bits per heavy atom. The summed E-state index contributed by atoms with van der Waals surface area (Å²) in [5, 5.41) is 0. The van der Waals surface area contributed by atoms with Crippen LogP contribution in [0.4, 0.5) is 0 Å². The van der Waals surface area contributed by atoms with Gasteiger partial charge in [-0.2, -0.15) is 0 Å². The van der Waals surface area contributed by atoms with E-state index in [9.17, 15) is 0 Å². The fourth-order valence-electron chi connectivity index (χ4n) is 4.98. The number of hydrogen-bond acceptors (Lipinski definition) is 2. The average molecular weight is 357 g/mol. The van der Waals surface area contributed by atoms with Gasteiger partial charge in [0, 0.05) is 5.54 Å². The molecule has 1 aliphatic rings. The molecule has 1 unspecified atom stereocenters. The summed E-state index contributed by atoms with van der Waals surface area (Å²) >= 11 is 0. The van der Waals surface area contributed by atoms with Crippen molar-refractivity contribution in [3.8, 4) is 0 Å². The lowest BCUT2D eigenvalue weighted by atomic mass is 10.0. The van der Waals surface area contributed by atoms with Crippen molar-refractivity contribution in [2.45, 2.75) is 122 Å². The van der Waals surface area contributed by atoms with Crippen molar-refractivity contribution in [1.82, 2.24) is 0 Å². The van der Waals surface area contributed by atoms with E-state index in [0.29, 0.717) is 5.54 Å². The molecule has 1 aliphatic heterocycles. The van der Waals surface area contributed by atoms with Gasteiger partial charge >= 0.3 is 0 Å². The molecule has 0 aromatic rings. The highest BCUT2D eigenvalue weighted by atomic mass is 28.3. The molecule has 0 aromatic carbocycles. The Hall–Kier alpha value is 0.137. The number of rotatable bonds is 13. The highest BCUT2D eigenvalue weighted by Gasteiger charge is 2.52. The lowest BCUT2D eigenvalue weighted by molar-refractivity contribution is -0.272. The number of hydrogen-bond donors (Lipinski definition) is 0. The van der Waals surface area contributed by atoms with Crippen LogP contribution in [0.3, 0.4) is 0 Å². The summed E-state index contributed by atoms with van der Waals surface area (Å²) in [6.45, 7) is 13.5. The Balaban J connectivity index is 3.20. The summed E-state index contributed by atoms with van der Waals surface area (Å²) in [5.41, 5.74) is 0.679. The van der Waals surface area contributed by atoms with Crippen molar-refractivity contribution in [2.24, 2.45) is 0 Å². The van der Waals surface area contributed by atoms with Gasteiger partial charge in [0.25, 0.3) is 0 Å². The first-order valence-corrected chi connectivity index (χ1v) is 13.6. The van der Waals surface area contributed by atoms with E-state index in [1.54, 1.807) is 0 Å². The first kappa shape index (κ1) is 22.2. The largest absolute Gasteiger partial charge is 0.350 e. The van der Waals surface area contributed by atoms with Gasteiger partial charge in [-0.1, -0.05) is 91.3 Å². The summed E-state index contributed by atoms with van der Waals surface area (Å²) in [4.78, 5) is 0. The van der Waals surface area contributed by atoms with Crippen LogP contribution in [0.1, 0.15) is 92.4 Å². The topological polar surface area (TPSA) is 18.5 Å². The molecule has 3 heteroatoms. The van der Waals surface area contributed by atoms with E-state index in [1.165, 1.54) is 63.1 Å². The predicted octanol–water partition coefficient (Wildman–Crippen LogP) is 7.16. The zero-order chi connectivity index (χ0) is 17.9. The molecule has 0 radical (unpaired) electrons. The summed E-state index contributed by atoms with van der Waals surface area (Å²) < 4.78 is 12.9. The van der Waals surface area contributed by atoms with Gasteiger partial charge in [0.1, 0.15) is 0 Å². The summed E-state index contributed by atoms with van der Waals surface area (Å²) in [7, 11) is -1.42. The lowest BCUT2D eigenvalue weighted by Crippen LogP contribution is -2.55. The molecule has 1 saturated heterocycles. The SMILES string of the molecule is CCCC[Si](CCC)(CCCC)C(CCC)C1(CC)OCCCO1. The van der Waals surface area contributed by atoms with Crippen LogP contribution in [0, 0.1) is 0 Å². The Labute approximate surface area is 153 Å². The van der Waals surface area contributed by atoms with Gasteiger partial charge in [-0.15, -0.1) is 0 Å². The molecule has 0 aromatic heterocycles. The molecule has 1 fully saturated rings. The van der Waals surface area contributed by atoms with Crippen LogP contribution < -0.4 is 0 Å². The molecular weight excluding hydrogens is 312 g/mol. The maximum absolute atomic E-state index is 6.45. The normalized spacial score (nSPS) is 19.4. The van der Waals surface area contributed by atoms with Gasteiger partial charge < -0.3 is 9.47 Å². The molecule has 0 N–H and O–H groups in total. The van der Waals surface area contributed by atoms with Gasteiger partial charge in [-0.3, -0.25) is 0 Å². The second-order valence-electron chi connectivity index (χ2n) is 7.88. The number of ether oxygens (including phenoxy) is 2. The third kappa shape index (κ3) is 5.57. The standard InChI is InChI=1S/C21H44O2Si/c1-6-11-18-24(17-9-4,19-12-7-2)20(14-8-3)21(10-5)22-15-13-16-23-21/h20H,6-19H2,1-5H3. The molecule has 0 aliphatic carbocycles. The Kier molecular flexibility index (Phi) is 10.8. The van der Waals surface area contributed by atoms with E-state index in [2.05, 4.69) is 34.6 Å². The van der Waals surface area contributed by atoms with E-state index in [1.807, 2.05) is 0 Å². The summed E-state index contributed by atoms with van der Waals surface area (Å²) in [6.07, 6.45) is 11.4. The number of unbranched alkanes of at least 4 members (excludes halogenated alkanes) is 2. The van der Waals surface area contributed by atoms with E-state index >= 15 is 0 Å². The van der Waals surface area contributed by atoms with Crippen LogP contribution in [0.2, 0.25) is 23.7 Å². The van der Waals surface area contributed by atoms with Gasteiger partial charge in [0.15, 0.2) is 5.79 Å². The Bertz CT molecular complexity index is 305. The van der Waals surface area contributed by atoms with Crippen molar-refractivity contribution in [3.05, 3.63) is 0 Å². The molecule has 0 spiro atoms. The molecule has 0 bridgehead atoms. The molecule has 1 rings (SSSR count). The molecular formula is C21H44O2Si. The molecule has 0 amide bonds. The highest BCUT2D eigenvalue weighted by molar-refractivity contribution is 6.81. The predicted molar refractivity (Wildman–Crippen MR) is 108 cm³/mol. The zero-order valence-electron chi connectivity index (χ0n) is 17.3. The second-order valence-corrected chi connectivity index (χ2v) is 12.8. The molecule has 144 valence electrons. The van der Waals surface area contributed by atoms with Gasteiger partial charge in [-0.25, -0.2) is 0 Å². The van der Waals surface area contributed by atoms with Crippen molar-refractivity contribution >= 4 is 8.07 Å². The van der Waals surface area contributed by atoms with Crippen molar-refractivity contribution in [1.29, 1.82) is 0 Å². The third-order valence-corrected chi connectivity index (χ3v) is 12.5. The van der Waals surface area contributed by atoms with E-state index < -0.39 is 8.07 Å². The molecule has 2 nitrogen and oxygen atoms in total. The fraction of sp³-hybridized carbons (Fsp3) is 1.00. The molecule has 1 atom stereocenters. The summed E-state index contributed by atoms with van der Waals surface area (Å²) in [5.74, 6) is -0.267. The first-order chi connectivity index (χ1) is 11.6. The third-order valence-electron chi connectivity index (χ3n) is 6.13. The van der Waals surface area contributed by atoms with Crippen LogP contribution in [-0.4, -0.2) is 27.1 Å². The van der Waals surface area contributed by atoms with Gasteiger partial charge in [0.2, 0.25) is 0 Å². The maximum Gasteiger partial charge on any atom is 0.168 e. The second kappa shape index (κ2) is 11.7. The quantitative estimate of drug-likeness (QED) is 0.326. The first-order valence-electron chi connectivity index (χ1n) is 10.9. The van der Waals surface area contributed by atoms with E-state index in [-0.39, 0.29) is 5.79 Å². The minimum atomic E-state index is -1.42. The fourth-order valence-corrected chi connectivity index (χ4v) is 12.1. The molecule has 24 heavy (non-hydrogen) atoms. The lowest BCUT2D eigenvalue weighted by Gasteiger charge is -2.51. The van der Waals surface area contributed by atoms with Gasteiger partial charge in [0.05, 0.1) is 21.3 Å². The maximum atomic E-state index is 6.45. The van der Waals surface area contributed by atoms with E-state index in [0.717, 1.165) is 26.1 Å². The Morgan fingerprint density at radius 2 is 1.38 bits per heavy atom. The van der Waals surface area contributed by atoms with E-state index in [4.69, 9.17) is 9.47 Å². The molecule has 1 heterocycles. The smallest absolute Gasteiger partial charge is 0.168 e. The Morgan fingerprint density at radius 1 is 0.792 bits per heavy atom. The molecule has 0 saturated carbocycles.